The second kappa shape index (κ2) is 24.4. The van der Waals surface area contributed by atoms with Crippen LogP contribution < -0.4 is 10.6 Å². The zero-order valence-corrected chi connectivity index (χ0v) is 43.5. The Morgan fingerprint density at radius 1 is 0.765 bits per heavy atom. The van der Waals surface area contributed by atoms with Gasteiger partial charge in [0.1, 0.15) is 11.8 Å². The van der Waals surface area contributed by atoms with Gasteiger partial charge in [0.2, 0.25) is 17.7 Å². The van der Waals surface area contributed by atoms with Crippen LogP contribution in [0.2, 0.25) is 0 Å². The van der Waals surface area contributed by atoms with Gasteiger partial charge in [-0.1, -0.05) is 109 Å². The first-order chi connectivity index (χ1) is 32.5. The van der Waals surface area contributed by atoms with E-state index >= 15 is 0 Å². The zero-order valence-electron chi connectivity index (χ0n) is 43.5. The number of carbonyl (C=O) groups is 4. The second-order valence-electron chi connectivity index (χ2n) is 22.2. The van der Waals surface area contributed by atoms with Gasteiger partial charge in [0, 0.05) is 76.7 Å². The Morgan fingerprint density at radius 2 is 1.37 bits per heavy atom. The van der Waals surface area contributed by atoms with Gasteiger partial charge in [-0.25, -0.2) is 0 Å². The zero-order chi connectivity index (χ0) is 49.2. The number of likely N-dealkylation sites (tertiary alicyclic amines) is 4. The van der Waals surface area contributed by atoms with Gasteiger partial charge in [-0.2, -0.15) is 0 Å². The van der Waals surface area contributed by atoms with E-state index in [9.17, 15) is 19.2 Å². The Kier molecular flexibility index (Phi) is 19.3. The maximum Gasteiger partial charge on any atom is 0.245 e. The smallest absolute Gasteiger partial charge is 0.245 e. The highest BCUT2D eigenvalue weighted by Crippen LogP contribution is 2.51. The third-order valence-corrected chi connectivity index (χ3v) is 16.8. The van der Waals surface area contributed by atoms with Crippen LogP contribution in [0.15, 0.2) is 60.7 Å². The summed E-state index contributed by atoms with van der Waals surface area (Å²) in [6.45, 7) is 25.8. The van der Waals surface area contributed by atoms with Gasteiger partial charge in [0.25, 0.3) is 0 Å². The van der Waals surface area contributed by atoms with Crippen molar-refractivity contribution >= 4 is 23.5 Å². The van der Waals surface area contributed by atoms with E-state index in [1.807, 2.05) is 34.6 Å². The summed E-state index contributed by atoms with van der Waals surface area (Å²) >= 11 is 0. The molecule has 10 atom stereocenters. The standard InChI is InChI=1S/C56H88N6O6/c1-11-41(6)52(64)58-51(40(4)5)54(66)61-28-24-45-32-46(35-59(37-49(45)61)26-22-43-18-14-12-15-19-43)67-30-31-68-47-34-55(8)25-29-62(53(65)48(39(2)3)33-50(63)42(7)57-10)56(55,9)38-60(36-47)27-23-44-20-16-13-17-21-44/h12-21,39-42,45-49,51,57H,11,22-38H2,1-10H3,(H,58,64)/t41-,42+,45+,46-,47-,48+,49-,51+,55+,56-/m1/s1. The molecule has 12 nitrogen and oxygen atoms in total. The molecule has 2 N–H and O–H groups in total. The lowest BCUT2D eigenvalue weighted by Gasteiger charge is -2.47. The molecule has 6 rings (SSSR count). The van der Waals surface area contributed by atoms with E-state index in [0.717, 1.165) is 84.2 Å². The Bertz CT molecular complexity index is 1930. The molecule has 0 radical (unpaired) electrons. The number of ketones is 1. The van der Waals surface area contributed by atoms with E-state index in [1.165, 1.54) is 11.1 Å². The van der Waals surface area contributed by atoms with Crippen molar-refractivity contribution in [1.29, 1.82) is 0 Å². The number of nitrogens with one attached hydrogen (secondary N) is 2. The summed E-state index contributed by atoms with van der Waals surface area (Å²) in [5, 5.41) is 6.21. The van der Waals surface area contributed by atoms with Crippen molar-refractivity contribution in [2.75, 3.05) is 72.6 Å². The Balaban J connectivity index is 1.15. The number of hydrogen-bond acceptors (Lipinski definition) is 9. The number of hydrogen-bond donors (Lipinski definition) is 2. The quantitative estimate of drug-likeness (QED) is 0.122. The fraction of sp³-hybridized carbons (Fsp3) is 0.714. The number of carbonyl (C=O) groups excluding carboxylic acids is 4. The maximum absolute atomic E-state index is 14.7. The van der Waals surface area contributed by atoms with E-state index in [1.54, 1.807) is 7.05 Å². The van der Waals surface area contributed by atoms with Crippen molar-refractivity contribution in [2.45, 2.75) is 150 Å². The van der Waals surface area contributed by atoms with Crippen LogP contribution >= 0.6 is 0 Å². The van der Waals surface area contributed by atoms with Crippen molar-refractivity contribution in [2.24, 2.45) is 35.0 Å². The molecule has 0 aliphatic carbocycles. The number of fused-ring (bicyclic) bond motifs is 2. The van der Waals surface area contributed by atoms with Crippen LogP contribution in [0.4, 0.5) is 0 Å². The highest BCUT2D eigenvalue weighted by molar-refractivity contribution is 5.90. The maximum atomic E-state index is 14.7. The van der Waals surface area contributed by atoms with Crippen molar-refractivity contribution in [1.82, 2.24) is 30.2 Å². The van der Waals surface area contributed by atoms with Crippen molar-refractivity contribution in [3.05, 3.63) is 71.8 Å². The fourth-order valence-corrected chi connectivity index (χ4v) is 11.7. The predicted octanol–water partition coefficient (Wildman–Crippen LogP) is 6.89. The van der Waals surface area contributed by atoms with Crippen LogP contribution in [0.1, 0.15) is 112 Å². The number of nitrogens with zero attached hydrogens (tertiary/aromatic N) is 4. The van der Waals surface area contributed by atoms with Crippen molar-refractivity contribution < 1.29 is 28.7 Å². The van der Waals surface area contributed by atoms with Gasteiger partial charge in [-0.05, 0) is 100 Å². The van der Waals surface area contributed by atoms with Gasteiger partial charge in [0.15, 0.2) is 0 Å². The van der Waals surface area contributed by atoms with E-state index in [-0.39, 0.29) is 83.3 Å². The Hall–Kier alpha value is -3.68. The SMILES string of the molecule is CC[C@@H](C)C(=O)N[C@H](C(=O)N1CC[C@H]2C[C@@H](OCCO[C@H]3CN(CCc4ccccc4)C[C@@]4(C)N(C(=O)[C@@H](CC(=O)[C@H](C)NC)C(C)C)CC[C@@]4(C)C3)CN(CCc3ccccc3)C[C@H]21)C(C)C. The highest BCUT2D eigenvalue weighted by atomic mass is 16.5. The molecular weight excluding hydrogens is 853 g/mol. The lowest BCUT2D eigenvalue weighted by Crippen LogP contribution is -2.59. The molecule has 0 unspecified atom stereocenters. The van der Waals surface area contributed by atoms with Gasteiger partial charge in [-0.3, -0.25) is 29.0 Å². The van der Waals surface area contributed by atoms with Crippen LogP contribution in [-0.4, -0.2) is 152 Å². The number of benzene rings is 2. The van der Waals surface area contributed by atoms with Gasteiger partial charge < -0.3 is 29.9 Å². The van der Waals surface area contributed by atoms with Gasteiger partial charge >= 0.3 is 0 Å². The summed E-state index contributed by atoms with van der Waals surface area (Å²) < 4.78 is 13.7. The van der Waals surface area contributed by atoms with Crippen molar-refractivity contribution in [3.63, 3.8) is 0 Å². The number of ether oxygens (including phenoxy) is 2. The Morgan fingerprint density at radius 3 is 1.96 bits per heavy atom. The number of amides is 3. The number of Topliss-reactive ketones (excluding diaryl/α,β-unsaturated/α-hetero) is 1. The van der Waals surface area contributed by atoms with Crippen LogP contribution in [0, 0.1) is 35.0 Å². The first-order valence-electron chi connectivity index (χ1n) is 26.3. The third-order valence-electron chi connectivity index (χ3n) is 16.8. The molecule has 4 saturated heterocycles. The molecule has 0 saturated carbocycles. The van der Waals surface area contributed by atoms with Crippen LogP contribution in [-0.2, 0) is 41.5 Å². The Labute approximate surface area is 410 Å². The molecule has 4 fully saturated rings. The van der Waals surface area contributed by atoms with Crippen LogP contribution in [0.25, 0.3) is 0 Å². The predicted molar refractivity (Wildman–Crippen MR) is 271 cm³/mol. The summed E-state index contributed by atoms with van der Waals surface area (Å²) in [6, 6.07) is 20.4. The minimum atomic E-state index is -0.550. The fourth-order valence-electron chi connectivity index (χ4n) is 11.7. The summed E-state index contributed by atoms with van der Waals surface area (Å²) in [7, 11) is 1.80. The monoisotopic (exact) mass is 941 g/mol. The van der Waals surface area contributed by atoms with E-state index in [2.05, 4.69) is 119 Å². The minimum absolute atomic E-state index is 0.00553. The molecule has 12 heteroatoms. The molecule has 4 heterocycles. The molecule has 0 aromatic heterocycles. The molecule has 378 valence electrons. The van der Waals surface area contributed by atoms with Crippen LogP contribution in [0.5, 0.6) is 0 Å². The first kappa shape index (κ1) is 53.7. The molecule has 2 aromatic rings. The number of likely N-dealkylation sites (N-methyl/N-ethyl adjacent to an activating group) is 1. The average molecular weight is 941 g/mol. The molecule has 4 aliphatic heterocycles. The summed E-state index contributed by atoms with van der Waals surface area (Å²) in [5.41, 5.74) is 1.96. The lowest BCUT2D eigenvalue weighted by molar-refractivity contribution is -0.146. The summed E-state index contributed by atoms with van der Waals surface area (Å²) in [5.74, 6) is -0.0289. The summed E-state index contributed by atoms with van der Waals surface area (Å²) in [4.78, 5) is 64.7. The molecule has 0 bridgehead atoms. The number of rotatable bonds is 22. The van der Waals surface area contributed by atoms with Crippen molar-refractivity contribution in [3.8, 4) is 0 Å². The second-order valence-corrected chi connectivity index (χ2v) is 22.2. The molecule has 0 spiro atoms. The molecular formula is C56H88N6O6. The van der Waals surface area contributed by atoms with Gasteiger partial charge in [-0.15, -0.1) is 0 Å². The van der Waals surface area contributed by atoms with E-state index in [0.29, 0.717) is 32.2 Å². The average Bonchev–Trinajstić information content (AvgIpc) is 3.72. The highest BCUT2D eigenvalue weighted by Gasteiger charge is 2.58. The third kappa shape index (κ3) is 13.2. The molecule has 2 aromatic carbocycles. The summed E-state index contributed by atoms with van der Waals surface area (Å²) in [6.07, 6.45) is 6.25. The van der Waals surface area contributed by atoms with Gasteiger partial charge in [0.05, 0.1) is 37.0 Å². The molecule has 3 amide bonds. The minimum Gasteiger partial charge on any atom is -0.374 e. The van der Waals surface area contributed by atoms with E-state index < -0.39 is 11.6 Å². The van der Waals surface area contributed by atoms with Crippen LogP contribution in [0.3, 0.4) is 0 Å². The van der Waals surface area contributed by atoms with E-state index in [4.69, 9.17) is 9.47 Å². The molecule has 68 heavy (non-hydrogen) atoms. The topological polar surface area (TPSA) is 124 Å². The largest absolute Gasteiger partial charge is 0.374 e. The lowest BCUT2D eigenvalue weighted by atomic mass is 9.69. The first-order valence-corrected chi connectivity index (χ1v) is 26.3. The normalized spacial score (nSPS) is 27.5. The molecule has 4 aliphatic rings.